The zero-order chi connectivity index (χ0) is 16.2. The summed E-state index contributed by atoms with van der Waals surface area (Å²) in [6.45, 7) is 0.713. The number of rotatable bonds is 3. The van der Waals surface area contributed by atoms with E-state index in [0.717, 1.165) is 21.9 Å². The highest BCUT2D eigenvalue weighted by Crippen LogP contribution is 2.36. The summed E-state index contributed by atoms with van der Waals surface area (Å²) in [5.74, 6) is 1.01. The number of carbonyl (C=O) groups excluding carboxylic acids is 1. The summed E-state index contributed by atoms with van der Waals surface area (Å²) in [5.41, 5.74) is 2.62. The van der Waals surface area contributed by atoms with Crippen LogP contribution < -0.4 is 4.90 Å². The molecule has 0 spiro atoms. The van der Waals surface area contributed by atoms with E-state index < -0.39 is 0 Å². The van der Waals surface area contributed by atoms with Crippen molar-refractivity contribution in [2.75, 3.05) is 17.2 Å². The molecule has 23 heavy (non-hydrogen) atoms. The third-order valence-electron chi connectivity index (χ3n) is 3.80. The van der Waals surface area contributed by atoms with Crippen LogP contribution >= 0.6 is 23.4 Å². The highest BCUT2D eigenvalue weighted by Gasteiger charge is 2.22. The van der Waals surface area contributed by atoms with Crippen molar-refractivity contribution in [3.8, 4) is 6.07 Å². The van der Waals surface area contributed by atoms with Gasteiger partial charge in [0.25, 0.3) is 0 Å². The SMILES string of the molecule is N#Cc1ccc(CCC(=O)N2CCSc3ccc(Cl)cc32)cc1. The molecule has 5 heteroatoms. The van der Waals surface area contributed by atoms with Crippen molar-refractivity contribution in [1.29, 1.82) is 5.26 Å². The number of hydrogen-bond acceptors (Lipinski definition) is 3. The molecule has 0 saturated carbocycles. The van der Waals surface area contributed by atoms with Gasteiger partial charge in [0.05, 0.1) is 17.3 Å². The second-order valence-electron chi connectivity index (χ2n) is 5.31. The average Bonchev–Trinajstić information content (AvgIpc) is 2.59. The average molecular weight is 343 g/mol. The van der Waals surface area contributed by atoms with Gasteiger partial charge in [-0.15, -0.1) is 11.8 Å². The summed E-state index contributed by atoms with van der Waals surface area (Å²) in [6.07, 6.45) is 1.12. The van der Waals surface area contributed by atoms with Crippen LogP contribution in [0.25, 0.3) is 0 Å². The lowest BCUT2D eigenvalue weighted by Gasteiger charge is -2.29. The number of hydrogen-bond donors (Lipinski definition) is 0. The fourth-order valence-electron chi connectivity index (χ4n) is 2.58. The minimum absolute atomic E-state index is 0.109. The van der Waals surface area contributed by atoms with Gasteiger partial charge in [0.1, 0.15) is 0 Å². The van der Waals surface area contributed by atoms with Crippen LogP contribution in [0.5, 0.6) is 0 Å². The monoisotopic (exact) mass is 342 g/mol. The first-order valence-corrected chi connectivity index (χ1v) is 8.75. The molecule has 0 aromatic heterocycles. The Morgan fingerprint density at radius 3 is 2.78 bits per heavy atom. The Hall–Kier alpha value is -1.96. The highest BCUT2D eigenvalue weighted by atomic mass is 35.5. The zero-order valence-electron chi connectivity index (χ0n) is 12.5. The zero-order valence-corrected chi connectivity index (χ0v) is 14.0. The van der Waals surface area contributed by atoms with Crippen molar-refractivity contribution in [2.24, 2.45) is 0 Å². The minimum Gasteiger partial charge on any atom is -0.310 e. The fraction of sp³-hybridized carbons (Fsp3) is 0.222. The van der Waals surface area contributed by atoms with Crippen LogP contribution in [0.4, 0.5) is 5.69 Å². The number of halogens is 1. The molecule has 1 amide bonds. The highest BCUT2D eigenvalue weighted by molar-refractivity contribution is 7.99. The largest absolute Gasteiger partial charge is 0.310 e. The van der Waals surface area contributed by atoms with Crippen LogP contribution in [-0.2, 0) is 11.2 Å². The number of thioether (sulfide) groups is 1. The van der Waals surface area contributed by atoms with Crippen molar-refractivity contribution < 1.29 is 4.79 Å². The van der Waals surface area contributed by atoms with E-state index in [1.165, 1.54) is 0 Å². The van der Waals surface area contributed by atoms with E-state index in [-0.39, 0.29) is 5.91 Å². The van der Waals surface area contributed by atoms with Crippen LogP contribution in [0, 0.1) is 11.3 Å². The van der Waals surface area contributed by atoms with Crippen LogP contribution in [0.2, 0.25) is 5.02 Å². The van der Waals surface area contributed by atoms with Gasteiger partial charge in [-0.25, -0.2) is 0 Å². The van der Waals surface area contributed by atoms with E-state index in [0.29, 0.717) is 30.0 Å². The summed E-state index contributed by atoms with van der Waals surface area (Å²) in [6, 6.07) is 15.2. The van der Waals surface area contributed by atoms with Gasteiger partial charge >= 0.3 is 0 Å². The third-order valence-corrected chi connectivity index (χ3v) is 5.07. The molecule has 3 nitrogen and oxygen atoms in total. The maximum atomic E-state index is 12.6. The summed E-state index contributed by atoms with van der Waals surface area (Å²) in [4.78, 5) is 15.5. The van der Waals surface area contributed by atoms with E-state index in [4.69, 9.17) is 16.9 Å². The molecular formula is C18H15ClN2OS. The molecule has 3 rings (SSSR count). The Labute approximate surface area is 144 Å². The number of aryl methyl sites for hydroxylation is 1. The standard InChI is InChI=1S/C18H15ClN2OS/c19-15-6-7-17-16(11-15)21(9-10-23-17)18(22)8-5-13-1-3-14(12-20)4-2-13/h1-4,6-7,11H,5,8-10H2. The number of amides is 1. The molecule has 1 heterocycles. The number of nitriles is 1. The molecule has 2 aromatic carbocycles. The second-order valence-corrected chi connectivity index (χ2v) is 6.89. The topological polar surface area (TPSA) is 44.1 Å². The quantitative estimate of drug-likeness (QED) is 0.836. The van der Waals surface area contributed by atoms with Gasteiger partial charge in [0.2, 0.25) is 5.91 Å². The van der Waals surface area contributed by atoms with Gasteiger partial charge in [-0.3, -0.25) is 4.79 Å². The molecular weight excluding hydrogens is 328 g/mol. The van der Waals surface area contributed by atoms with Gasteiger partial charge in [-0.2, -0.15) is 5.26 Å². The lowest BCUT2D eigenvalue weighted by molar-refractivity contribution is -0.118. The Morgan fingerprint density at radius 2 is 2.04 bits per heavy atom. The molecule has 0 fully saturated rings. The van der Waals surface area contributed by atoms with E-state index in [9.17, 15) is 4.79 Å². The molecule has 0 saturated heterocycles. The number of nitrogens with zero attached hydrogens (tertiary/aromatic N) is 2. The van der Waals surface area contributed by atoms with Crippen LogP contribution in [0.3, 0.4) is 0 Å². The Balaban J connectivity index is 1.69. The lowest BCUT2D eigenvalue weighted by atomic mass is 10.1. The van der Waals surface area contributed by atoms with Crippen molar-refractivity contribution in [3.05, 3.63) is 58.6 Å². The number of fused-ring (bicyclic) bond motifs is 1. The molecule has 0 atom stereocenters. The Kier molecular flexibility index (Phi) is 4.90. The van der Waals surface area contributed by atoms with Crippen LogP contribution in [0.1, 0.15) is 17.5 Å². The molecule has 116 valence electrons. The van der Waals surface area contributed by atoms with Crippen LogP contribution in [0.15, 0.2) is 47.4 Å². The number of benzene rings is 2. The molecule has 0 radical (unpaired) electrons. The maximum absolute atomic E-state index is 12.6. The first-order chi connectivity index (χ1) is 11.2. The van der Waals surface area contributed by atoms with Gasteiger partial charge in [0.15, 0.2) is 0 Å². The van der Waals surface area contributed by atoms with E-state index in [1.54, 1.807) is 23.9 Å². The molecule has 2 aromatic rings. The lowest BCUT2D eigenvalue weighted by Crippen LogP contribution is -2.35. The summed E-state index contributed by atoms with van der Waals surface area (Å²) in [5, 5.41) is 9.46. The van der Waals surface area contributed by atoms with E-state index in [2.05, 4.69) is 6.07 Å². The fourth-order valence-corrected chi connectivity index (χ4v) is 3.72. The van der Waals surface area contributed by atoms with Crippen molar-refractivity contribution in [1.82, 2.24) is 0 Å². The van der Waals surface area contributed by atoms with Crippen molar-refractivity contribution >= 4 is 35.0 Å². The van der Waals surface area contributed by atoms with Gasteiger partial charge in [-0.1, -0.05) is 23.7 Å². The van der Waals surface area contributed by atoms with E-state index >= 15 is 0 Å². The third kappa shape index (κ3) is 3.69. The second kappa shape index (κ2) is 7.08. The smallest absolute Gasteiger partial charge is 0.227 e. The summed E-state index contributed by atoms with van der Waals surface area (Å²) in [7, 11) is 0. The summed E-state index contributed by atoms with van der Waals surface area (Å²) < 4.78 is 0. The predicted molar refractivity (Wildman–Crippen MR) is 94.0 cm³/mol. The molecule has 0 unspecified atom stereocenters. The van der Waals surface area contributed by atoms with Gasteiger partial charge in [-0.05, 0) is 42.3 Å². The molecule has 0 bridgehead atoms. The Bertz CT molecular complexity index is 768. The molecule has 0 aliphatic carbocycles. The first kappa shape index (κ1) is 15.9. The molecule has 0 N–H and O–H groups in total. The number of anilines is 1. The maximum Gasteiger partial charge on any atom is 0.227 e. The molecule has 1 aliphatic rings. The Morgan fingerprint density at radius 1 is 1.26 bits per heavy atom. The van der Waals surface area contributed by atoms with Crippen molar-refractivity contribution in [2.45, 2.75) is 17.7 Å². The number of carbonyl (C=O) groups is 1. The van der Waals surface area contributed by atoms with E-state index in [1.807, 2.05) is 35.2 Å². The van der Waals surface area contributed by atoms with Gasteiger partial charge < -0.3 is 4.90 Å². The predicted octanol–water partition coefficient (Wildman–Crippen LogP) is 4.28. The minimum atomic E-state index is 0.109. The normalized spacial score (nSPS) is 13.3. The van der Waals surface area contributed by atoms with Gasteiger partial charge in [0, 0.05) is 28.6 Å². The summed E-state index contributed by atoms with van der Waals surface area (Å²) >= 11 is 7.83. The molecule has 1 aliphatic heterocycles. The van der Waals surface area contributed by atoms with Crippen LogP contribution in [-0.4, -0.2) is 18.2 Å². The first-order valence-electron chi connectivity index (χ1n) is 7.39. The van der Waals surface area contributed by atoms with Crippen molar-refractivity contribution in [3.63, 3.8) is 0 Å².